The van der Waals surface area contributed by atoms with E-state index in [-0.39, 0.29) is 0 Å². The smallest absolute Gasteiger partial charge is 0.0486 e. The Bertz CT molecular complexity index is 408. The lowest BCUT2D eigenvalue weighted by Gasteiger charge is -2.07. The molecule has 16 heavy (non-hydrogen) atoms. The van der Waals surface area contributed by atoms with Gasteiger partial charge in [-0.05, 0) is 37.6 Å². The van der Waals surface area contributed by atoms with Gasteiger partial charge in [0.2, 0.25) is 0 Å². The molecule has 1 aromatic carbocycles. The maximum absolute atomic E-state index is 6.15. The molecule has 1 aromatic rings. The average Bonchev–Trinajstić information content (AvgIpc) is 2.28. The molecule has 0 aromatic heterocycles. The summed E-state index contributed by atoms with van der Waals surface area (Å²) in [6.45, 7) is 4.89. The fraction of sp³-hybridized carbons (Fsp3) is 0.231. The first-order valence-electron chi connectivity index (χ1n) is 5.30. The van der Waals surface area contributed by atoms with Gasteiger partial charge < -0.3 is 11.1 Å². The number of anilines is 1. The highest BCUT2D eigenvalue weighted by atomic mass is 35.5. The van der Waals surface area contributed by atoms with Crippen molar-refractivity contribution >= 4 is 22.9 Å². The molecule has 0 aliphatic heterocycles. The second-order valence-corrected chi connectivity index (χ2v) is 3.80. The van der Waals surface area contributed by atoms with Gasteiger partial charge in [-0.15, -0.1) is 0 Å². The Kier molecular flexibility index (Phi) is 4.93. The maximum atomic E-state index is 6.15. The summed E-state index contributed by atoms with van der Waals surface area (Å²) in [6, 6.07) is 5.49. The molecular formula is C13H17ClN2. The zero-order valence-electron chi connectivity index (χ0n) is 9.63. The van der Waals surface area contributed by atoms with Gasteiger partial charge in [-0.1, -0.05) is 23.8 Å². The van der Waals surface area contributed by atoms with E-state index in [1.54, 1.807) is 6.07 Å². The molecule has 0 aliphatic rings. The van der Waals surface area contributed by atoms with Gasteiger partial charge in [-0.2, -0.15) is 0 Å². The standard InChI is InChI=1S/C13H17ClN2/c1-3-5-10(9-16-4-2)12-8-11(15)6-7-13(12)14/h3,5-9,16H,4,15H2,1-2H3/b5-3-,10-9+. The molecule has 2 nitrogen and oxygen atoms in total. The van der Waals surface area contributed by atoms with Crippen molar-refractivity contribution in [2.24, 2.45) is 0 Å². The molecule has 0 unspecified atom stereocenters. The molecule has 86 valence electrons. The van der Waals surface area contributed by atoms with Crippen LogP contribution in [0.1, 0.15) is 19.4 Å². The average molecular weight is 237 g/mol. The number of rotatable bonds is 4. The van der Waals surface area contributed by atoms with Crippen molar-refractivity contribution < 1.29 is 0 Å². The molecule has 0 saturated carbocycles. The number of nitrogens with two attached hydrogens (primary N) is 1. The van der Waals surface area contributed by atoms with Crippen LogP contribution in [0.5, 0.6) is 0 Å². The highest BCUT2D eigenvalue weighted by molar-refractivity contribution is 6.32. The van der Waals surface area contributed by atoms with Crippen molar-refractivity contribution in [3.8, 4) is 0 Å². The summed E-state index contributed by atoms with van der Waals surface area (Å²) in [5, 5.41) is 3.87. The number of halogens is 1. The topological polar surface area (TPSA) is 38.0 Å². The van der Waals surface area contributed by atoms with E-state index in [0.717, 1.165) is 17.7 Å². The first-order valence-corrected chi connectivity index (χ1v) is 5.68. The molecule has 1 rings (SSSR count). The number of hydrogen-bond acceptors (Lipinski definition) is 2. The van der Waals surface area contributed by atoms with Gasteiger partial charge in [0.25, 0.3) is 0 Å². The Morgan fingerprint density at radius 3 is 2.88 bits per heavy atom. The molecule has 0 heterocycles. The van der Waals surface area contributed by atoms with Gasteiger partial charge in [0, 0.05) is 29.0 Å². The molecule has 0 saturated heterocycles. The number of hydrogen-bond donors (Lipinski definition) is 2. The molecule has 0 bridgehead atoms. The minimum absolute atomic E-state index is 0.705. The molecule has 0 spiro atoms. The third-order valence-electron chi connectivity index (χ3n) is 2.11. The molecular weight excluding hydrogens is 220 g/mol. The van der Waals surface area contributed by atoms with E-state index in [2.05, 4.69) is 5.32 Å². The number of nitrogen functional groups attached to an aromatic ring is 1. The molecule has 0 fully saturated rings. The normalized spacial score (nSPS) is 12.1. The van der Waals surface area contributed by atoms with Crippen molar-refractivity contribution in [3.63, 3.8) is 0 Å². The minimum Gasteiger partial charge on any atom is -0.399 e. The second kappa shape index (κ2) is 6.23. The fourth-order valence-electron chi connectivity index (χ4n) is 1.37. The minimum atomic E-state index is 0.705. The zero-order valence-corrected chi connectivity index (χ0v) is 10.4. The lowest BCUT2D eigenvalue weighted by molar-refractivity contribution is 0.922. The molecule has 0 amide bonds. The number of allylic oxidation sites excluding steroid dienone is 3. The van der Waals surface area contributed by atoms with E-state index >= 15 is 0 Å². The predicted octanol–water partition coefficient (Wildman–Crippen LogP) is 3.45. The monoisotopic (exact) mass is 236 g/mol. The summed E-state index contributed by atoms with van der Waals surface area (Å²) >= 11 is 6.15. The summed E-state index contributed by atoms with van der Waals surface area (Å²) in [7, 11) is 0. The summed E-state index contributed by atoms with van der Waals surface area (Å²) in [5.41, 5.74) is 8.45. The highest BCUT2D eigenvalue weighted by Gasteiger charge is 2.04. The zero-order chi connectivity index (χ0) is 12.0. The molecule has 3 N–H and O–H groups in total. The van der Waals surface area contributed by atoms with Gasteiger partial charge >= 0.3 is 0 Å². The quantitative estimate of drug-likeness (QED) is 0.621. The first-order chi connectivity index (χ1) is 7.69. The summed E-state index contributed by atoms with van der Waals surface area (Å²) in [6.07, 6.45) is 5.92. The van der Waals surface area contributed by atoms with Crippen molar-refractivity contribution in [3.05, 3.63) is 47.1 Å². The fourth-order valence-corrected chi connectivity index (χ4v) is 1.60. The largest absolute Gasteiger partial charge is 0.399 e. The first kappa shape index (κ1) is 12.7. The lowest BCUT2D eigenvalue weighted by Crippen LogP contribution is -2.03. The Hall–Kier alpha value is -1.41. The van der Waals surface area contributed by atoms with Gasteiger partial charge in [0.15, 0.2) is 0 Å². The van der Waals surface area contributed by atoms with Crippen molar-refractivity contribution in [2.45, 2.75) is 13.8 Å². The van der Waals surface area contributed by atoms with Crippen LogP contribution in [0.4, 0.5) is 5.69 Å². The van der Waals surface area contributed by atoms with Crippen molar-refractivity contribution in [2.75, 3.05) is 12.3 Å². The van der Waals surface area contributed by atoms with Crippen LogP contribution in [0.15, 0.2) is 36.6 Å². The lowest BCUT2D eigenvalue weighted by atomic mass is 10.1. The van der Waals surface area contributed by atoms with E-state index in [9.17, 15) is 0 Å². The van der Waals surface area contributed by atoms with Crippen molar-refractivity contribution in [1.29, 1.82) is 0 Å². The number of nitrogens with one attached hydrogen (secondary N) is 1. The Morgan fingerprint density at radius 1 is 1.50 bits per heavy atom. The Labute approximate surface area is 102 Å². The SMILES string of the molecule is C/C=C\C(=C/NCC)c1cc(N)ccc1Cl. The second-order valence-electron chi connectivity index (χ2n) is 3.40. The van der Waals surface area contributed by atoms with E-state index in [0.29, 0.717) is 10.7 Å². The third-order valence-corrected chi connectivity index (χ3v) is 2.44. The molecule has 0 radical (unpaired) electrons. The van der Waals surface area contributed by atoms with Crippen molar-refractivity contribution in [1.82, 2.24) is 5.32 Å². The van der Waals surface area contributed by atoms with Crippen LogP contribution < -0.4 is 11.1 Å². The van der Waals surface area contributed by atoms with Crippen LogP contribution in [0.2, 0.25) is 5.02 Å². The van der Waals surface area contributed by atoms with Crippen LogP contribution >= 0.6 is 11.6 Å². The maximum Gasteiger partial charge on any atom is 0.0486 e. The summed E-state index contributed by atoms with van der Waals surface area (Å²) in [4.78, 5) is 0. The van der Waals surface area contributed by atoms with Crippen LogP contribution in [0.3, 0.4) is 0 Å². The van der Waals surface area contributed by atoms with E-state index < -0.39 is 0 Å². The van der Waals surface area contributed by atoms with E-state index in [1.807, 2.05) is 44.3 Å². The predicted molar refractivity (Wildman–Crippen MR) is 72.3 cm³/mol. The molecule has 3 heteroatoms. The summed E-state index contributed by atoms with van der Waals surface area (Å²) in [5.74, 6) is 0. The van der Waals surface area contributed by atoms with Gasteiger partial charge in [0.05, 0.1) is 0 Å². The Balaban J connectivity index is 3.14. The third kappa shape index (κ3) is 3.31. The van der Waals surface area contributed by atoms with Gasteiger partial charge in [-0.3, -0.25) is 0 Å². The van der Waals surface area contributed by atoms with E-state index in [4.69, 9.17) is 17.3 Å². The highest BCUT2D eigenvalue weighted by Crippen LogP contribution is 2.26. The van der Waals surface area contributed by atoms with Crippen LogP contribution in [-0.2, 0) is 0 Å². The van der Waals surface area contributed by atoms with Crippen LogP contribution in [-0.4, -0.2) is 6.54 Å². The number of benzene rings is 1. The molecule has 0 aliphatic carbocycles. The van der Waals surface area contributed by atoms with Crippen LogP contribution in [0.25, 0.3) is 5.57 Å². The van der Waals surface area contributed by atoms with E-state index in [1.165, 1.54) is 0 Å². The van der Waals surface area contributed by atoms with Gasteiger partial charge in [-0.25, -0.2) is 0 Å². The van der Waals surface area contributed by atoms with Crippen LogP contribution in [0, 0.1) is 0 Å². The van der Waals surface area contributed by atoms with Gasteiger partial charge in [0.1, 0.15) is 0 Å². The molecule has 0 atom stereocenters. The Morgan fingerprint density at radius 2 is 2.25 bits per heavy atom. The summed E-state index contributed by atoms with van der Waals surface area (Å²) < 4.78 is 0.